The van der Waals surface area contributed by atoms with Crippen molar-refractivity contribution >= 4 is 11.3 Å². The van der Waals surface area contributed by atoms with Crippen molar-refractivity contribution < 1.29 is 4.74 Å². The number of rotatable bonds is 5. The molecule has 0 atom stereocenters. The zero-order valence-electron chi connectivity index (χ0n) is 14.4. The van der Waals surface area contributed by atoms with Crippen LogP contribution in [-0.2, 0) is 6.42 Å². The van der Waals surface area contributed by atoms with E-state index in [0.29, 0.717) is 6.10 Å². The highest BCUT2D eigenvalue weighted by atomic mass is 32.1. The molecule has 0 unspecified atom stereocenters. The van der Waals surface area contributed by atoms with Crippen LogP contribution in [0, 0.1) is 0 Å². The Balaban J connectivity index is 1.63. The lowest BCUT2D eigenvalue weighted by Gasteiger charge is -2.16. The summed E-state index contributed by atoms with van der Waals surface area (Å²) in [5.74, 6) is 1.03. The van der Waals surface area contributed by atoms with Gasteiger partial charge in [-0.3, -0.25) is 4.98 Å². The fourth-order valence-electron chi connectivity index (χ4n) is 3.34. The highest BCUT2D eigenvalue weighted by Gasteiger charge is 2.18. The van der Waals surface area contributed by atoms with Crippen LogP contribution in [-0.4, -0.2) is 16.1 Å². The maximum absolute atomic E-state index is 6.32. The predicted octanol–water partition coefficient (Wildman–Crippen LogP) is 5.76. The number of benzene rings is 1. The lowest BCUT2D eigenvalue weighted by Crippen LogP contribution is -2.12. The summed E-state index contributed by atoms with van der Waals surface area (Å²) < 4.78 is 6.32. The maximum atomic E-state index is 6.32. The molecule has 4 heteroatoms. The molecule has 0 amide bonds. The smallest absolute Gasteiger partial charge is 0.124 e. The molecule has 0 radical (unpaired) electrons. The van der Waals surface area contributed by atoms with Crippen LogP contribution in [0.3, 0.4) is 0 Å². The van der Waals surface area contributed by atoms with Gasteiger partial charge < -0.3 is 4.74 Å². The van der Waals surface area contributed by atoms with E-state index in [2.05, 4.69) is 35.5 Å². The fraction of sp³-hybridized carbons (Fsp3) is 0.333. The summed E-state index contributed by atoms with van der Waals surface area (Å²) in [5, 5.41) is 3.14. The average molecular weight is 350 g/mol. The Morgan fingerprint density at radius 1 is 1.08 bits per heavy atom. The van der Waals surface area contributed by atoms with Gasteiger partial charge in [-0.05, 0) is 55.9 Å². The first-order valence-corrected chi connectivity index (χ1v) is 9.87. The van der Waals surface area contributed by atoms with Crippen LogP contribution in [0.5, 0.6) is 5.75 Å². The highest BCUT2D eigenvalue weighted by molar-refractivity contribution is 7.13. The first-order valence-electron chi connectivity index (χ1n) is 8.99. The van der Waals surface area contributed by atoms with Crippen molar-refractivity contribution in [2.24, 2.45) is 0 Å². The third kappa shape index (κ3) is 3.59. The molecule has 0 spiro atoms. The van der Waals surface area contributed by atoms with Crippen LogP contribution >= 0.6 is 11.3 Å². The normalized spacial score (nSPS) is 14.8. The number of hydrogen-bond acceptors (Lipinski definition) is 4. The van der Waals surface area contributed by atoms with Crippen molar-refractivity contribution in [1.29, 1.82) is 0 Å². The molecule has 25 heavy (non-hydrogen) atoms. The van der Waals surface area contributed by atoms with E-state index in [1.807, 2.05) is 12.1 Å². The van der Waals surface area contributed by atoms with Gasteiger partial charge in [-0.25, -0.2) is 4.98 Å². The van der Waals surface area contributed by atoms with E-state index in [-0.39, 0.29) is 0 Å². The van der Waals surface area contributed by atoms with E-state index in [0.717, 1.165) is 34.0 Å². The summed E-state index contributed by atoms with van der Waals surface area (Å²) in [4.78, 5) is 8.89. The number of thiazole rings is 1. The summed E-state index contributed by atoms with van der Waals surface area (Å²) in [6.07, 6.45) is 9.90. The maximum Gasteiger partial charge on any atom is 0.124 e. The minimum Gasteiger partial charge on any atom is -0.490 e. The lowest BCUT2D eigenvalue weighted by molar-refractivity contribution is 0.208. The zero-order valence-corrected chi connectivity index (χ0v) is 15.3. The van der Waals surface area contributed by atoms with Crippen LogP contribution in [0.25, 0.3) is 21.8 Å². The third-order valence-corrected chi connectivity index (χ3v) is 5.66. The molecule has 1 aromatic carbocycles. The molecule has 0 saturated heterocycles. The Hall–Kier alpha value is -2.20. The number of ether oxygens (including phenoxy) is 1. The summed E-state index contributed by atoms with van der Waals surface area (Å²) >= 11 is 1.68. The van der Waals surface area contributed by atoms with Gasteiger partial charge in [0.15, 0.2) is 0 Å². The second-order valence-electron chi connectivity index (χ2n) is 6.47. The number of hydrogen-bond donors (Lipinski definition) is 0. The molecule has 2 aromatic heterocycles. The molecule has 3 nitrogen and oxygen atoms in total. The monoisotopic (exact) mass is 350 g/mol. The number of aryl methyl sites for hydroxylation is 1. The number of nitrogens with zero attached hydrogens (tertiary/aromatic N) is 2. The molecule has 1 saturated carbocycles. The molecular weight excluding hydrogens is 328 g/mol. The Morgan fingerprint density at radius 3 is 2.64 bits per heavy atom. The largest absolute Gasteiger partial charge is 0.490 e. The van der Waals surface area contributed by atoms with E-state index < -0.39 is 0 Å². The van der Waals surface area contributed by atoms with Crippen LogP contribution in [0.4, 0.5) is 0 Å². The number of aromatic nitrogens is 2. The van der Waals surface area contributed by atoms with Crippen LogP contribution in [0.15, 0.2) is 48.1 Å². The molecule has 4 rings (SSSR count). The molecule has 1 aliphatic carbocycles. The van der Waals surface area contributed by atoms with Gasteiger partial charge in [-0.1, -0.05) is 19.1 Å². The van der Waals surface area contributed by atoms with Gasteiger partial charge in [0.05, 0.1) is 11.8 Å². The molecule has 128 valence electrons. The van der Waals surface area contributed by atoms with Crippen molar-refractivity contribution in [2.75, 3.05) is 0 Å². The summed E-state index contributed by atoms with van der Waals surface area (Å²) in [7, 11) is 0. The van der Waals surface area contributed by atoms with E-state index >= 15 is 0 Å². The molecule has 3 aromatic rings. The summed E-state index contributed by atoms with van der Waals surface area (Å²) in [6, 6.07) is 10.5. The van der Waals surface area contributed by atoms with Gasteiger partial charge in [0.2, 0.25) is 0 Å². The van der Waals surface area contributed by atoms with Crippen molar-refractivity contribution in [3.05, 3.63) is 53.7 Å². The lowest BCUT2D eigenvalue weighted by atomic mass is 10.1. The zero-order chi connectivity index (χ0) is 17.1. The molecule has 1 fully saturated rings. The van der Waals surface area contributed by atoms with Crippen molar-refractivity contribution in [2.45, 2.75) is 45.1 Å². The van der Waals surface area contributed by atoms with Crippen LogP contribution in [0.1, 0.15) is 38.2 Å². The highest BCUT2D eigenvalue weighted by Crippen LogP contribution is 2.34. The van der Waals surface area contributed by atoms with Crippen LogP contribution < -0.4 is 4.74 Å². The second-order valence-corrected chi connectivity index (χ2v) is 7.33. The first-order chi connectivity index (χ1) is 12.3. The molecular formula is C21H22N2OS. The third-order valence-electron chi connectivity index (χ3n) is 4.77. The molecule has 0 aliphatic heterocycles. The molecule has 1 aliphatic rings. The van der Waals surface area contributed by atoms with Crippen molar-refractivity contribution in [1.82, 2.24) is 9.97 Å². The van der Waals surface area contributed by atoms with E-state index in [9.17, 15) is 0 Å². The standard InChI is InChI=1S/C21H22N2OS/c1-2-15-7-8-17(13-20(15)24-18-5-3-4-6-18)21-23-19(14-25-21)16-9-11-22-12-10-16/h7-14,18H,2-6H2,1H3. The Labute approximate surface area is 152 Å². The molecule has 0 N–H and O–H groups in total. The average Bonchev–Trinajstić information content (AvgIpc) is 3.34. The quantitative estimate of drug-likeness (QED) is 0.587. The Kier molecular flexibility index (Phi) is 4.79. The van der Waals surface area contributed by atoms with Gasteiger partial charge in [-0.15, -0.1) is 11.3 Å². The van der Waals surface area contributed by atoms with Gasteiger partial charge in [0, 0.05) is 28.9 Å². The second kappa shape index (κ2) is 7.36. The minimum atomic E-state index is 0.379. The van der Waals surface area contributed by atoms with Crippen molar-refractivity contribution in [3.8, 4) is 27.6 Å². The molecule has 0 bridgehead atoms. The van der Waals surface area contributed by atoms with E-state index in [4.69, 9.17) is 9.72 Å². The Bertz CT molecular complexity index is 838. The van der Waals surface area contributed by atoms with Crippen molar-refractivity contribution in [3.63, 3.8) is 0 Å². The van der Waals surface area contributed by atoms with Gasteiger partial charge in [0.25, 0.3) is 0 Å². The number of pyridine rings is 1. The first kappa shape index (κ1) is 16.3. The predicted molar refractivity (Wildman–Crippen MR) is 103 cm³/mol. The van der Waals surface area contributed by atoms with E-state index in [1.54, 1.807) is 23.7 Å². The van der Waals surface area contributed by atoms with Gasteiger partial charge in [0.1, 0.15) is 10.8 Å². The van der Waals surface area contributed by atoms with Gasteiger partial charge >= 0.3 is 0 Å². The van der Waals surface area contributed by atoms with Crippen LogP contribution in [0.2, 0.25) is 0 Å². The van der Waals surface area contributed by atoms with E-state index in [1.165, 1.54) is 31.2 Å². The summed E-state index contributed by atoms with van der Waals surface area (Å²) in [6.45, 7) is 2.18. The SMILES string of the molecule is CCc1ccc(-c2nc(-c3ccncc3)cs2)cc1OC1CCCC1. The summed E-state index contributed by atoms with van der Waals surface area (Å²) in [5.41, 5.74) is 4.52. The molecule has 2 heterocycles. The Morgan fingerprint density at radius 2 is 1.88 bits per heavy atom. The van der Waals surface area contributed by atoms with Gasteiger partial charge in [-0.2, -0.15) is 0 Å². The topological polar surface area (TPSA) is 35.0 Å². The minimum absolute atomic E-state index is 0.379. The fourth-order valence-corrected chi connectivity index (χ4v) is 4.16.